The van der Waals surface area contributed by atoms with Crippen LogP contribution >= 0.6 is 0 Å². The summed E-state index contributed by atoms with van der Waals surface area (Å²) in [6.07, 6.45) is 0.573. The Kier molecular flexibility index (Phi) is 4.36. The van der Waals surface area contributed by atoms with E-state index in [1.54, 1.807) is 25.3 Å². The third-order valence-electron chi connectivity index (χ3n) is 2.72. The number of hydrogen-bond donors (Lipinski definition) is 1. The Hall–Kier alpha value is -2.07. The Labute approximate surface area is 111 Å². The molecule has 0 fully saturated rings. The van der Waals surface area contributed by atoms with Crippen LogP contribution in [-0.4, -0.2) is 13.7 Å². The molecule has 2 N–H and O–H groups in total. The van der Waals surface area contributed by atoms with Crippen LogP contribution in [0.2, 0.25) is 0 Å². The highest BCUT2D eigenvalue weighted by Gasteiger charge is 2.06. The van der Waals surface area contributed by atoms with E-state index >= 15 is 0 Å². The minimum Gasteiger partial charge on any atom is -0.497 e. The van der Waals surface area contributed by atoms with Crippen molar-refractivity contribution in [2.75, 3.05) is 13.7 Å². The topological polar surface area (TPSA) is 44.5 Å². The van der Waals surface area contributed by atoms with Crippen LogP contribution in [0.1, 0.15) is 5.56 Å². The molecule has 0 unspecified atom stereocenters. The lowest BCUT2D eigenvalue weighted by molar-refractivity contribution is 0.412. The van der Waals surface area contributed by atoms with Gasteiger partial charge >= 0.3 is 0 Å². The van der Waals surface area contributed by atoms with Gasteiger partial charge in [-0.05, 0) is 61.0 Å². The summed E-state index contributed by atoms with van der Waals surface area (Å²) in [5, 5.41) is 0. The molecular formula is C15H16FNO2. The van der Waals surface area contributed by atoms with Crippen LogP contribution in [0, 0.1) is 5.82 Å². The Morgan fingerprint density at radius 2 is 1.74 bits per heavy atom. The molecule has 0 aliphatic heterocycles. The van der Waals surface area contributed by atoms with Crippen molar-refractivity contribution in [1.29, 1.82) is 0 Å². The lowest BCUT2D eigenvalue weighted by Crippen LogP contribution is -2.04. The first-order valence-electron chi connectivity index (χ1n) is 6.03. The van der Waals surface area contributed by atoms with Gasteiger partial charge in [-0.1, -0.05) is 0 Å². The van der Waals surface area contributed by atoms with Gasteiger partial charge in [-0.3, -0.25) is 0 Å². The number of hydrogen-bond acceptors (Lipinski definition) is 3. The fourth-order valence-corrected chi connectivity index (χ4v) is 1.77. The Morgan fingerprint density at radius 1 is 1.05 bits per heavy atom. The van der Waals surface area contributed by atoms with Crippen molar-refractivity contribution >= 4 is 0 Å². The zero-order chi connectivity index (χ0) is 13.7. The average molecular weight is 261 g/mol. The van der Waals surface area contributed by atoms with E-state index in [1.807, 2.05) is 12.1 Å². The molecule has 0 atom stereocenters. The quantitative estimate of drug-likeness (QED) is 0.899. The van der Waals surface area contributed by atoms with Crippen molar-refractivity contribution in [1.82, 2.24) is 0 Å². The van der Waals surface area contributed by atoms with E-state index in [9.17, 15) is 4.39 Å². The average Bonchev–Trinajstić information content (AvgIpc) is 2.43. The minimum absolute atomic E-state index is 0.287. The van der Waals surface area contributed by atoms with Gasteiger partial charge < -0.3 is 15.2 Å². The van der Waals surface area contributed by atoms with Crippen LogP contribution in [0.3, 0.4) is 0 Å². The highest BCUT2D eigenvalue weighted by molar-refractivity contribution is 5.40. The number of methoxy groups -OCH3 is 1. The molecule has 19 heavy (non-hydrogen) atoms. The van der Waals surface area contributed by atoms with Gasteiger partial charge in [0.05, 0.1) is 7.11 Å². The van der Waals surface area contributed by atoms with Gasteiger partial charge in [0.25, 0.3) is 0 Å². The van der Waals surface area contributed by atoms with Crippen LogP contribution in [0.5, 0.6) is 17.2 Å². The van der Waals surface area contributed by atoms with E-state index in [0.29, 0.717) is 24.5 Å². The number of nitrogens with two attached hydrogens (primary N) is 1. The fourth-order valence-electron chi connectivity index (χ4n) is 1.77. The van der Waals surface area contributed by atoms with Crippen molar-refractivity contribution in [3.63, 3.8) is 0 Å². The molecule has 100 valence electrons. The summed E-state index contributed by atoms with van der Waals surface area (Å²) >= 11 is 0. The van der Waals surface area contributed by atoms with Crippen molar-refractivity contribution in [3.8, 4) is 17.2 Å². The summed E-state index contributed by atoms with van der Waals surface area (Å²) < 4.78 is 24.0. The molecule has 0 saturated heterocycles. The van der Waals surface area contributed by atoms with Crippen LogP contribution < -0.4 is 15.2 Å². The molecule has 2 aromatic carbocycles. The maximum absolute atomic E-state index is 13.2. The largest absolute Gasteiger partial charge is 0.497 e. The normalized spacial score (nSPS) is 10.3. The van der Waals surface area contributed by atoms with E-state index in [1.165, 1.54) is 12.1 Å². The second kappa shape index (κ2) is 6.20. The molecule has 2 rings (SSSR count). The molecule has 3 nitrogen and oxygen atoms in total. The van der Waals surface area contributed by atoms with Gasteiger partial charge in [0.15, 0.2) is 0 Å². The summed E-state index contributed by atoms with van der Waals surface area (Å²) in [4.78, 5) is 0. The van der Waals surface area contributed by atoms with E-state index in [4.69, 9.17) is 15.2 Å². The lowest BCUT2D eigenvalue weighted by Gasteiger charge is -2.11. The minimum atomic E-state index is -0.287. The van der Waals surface area contributed by atoms with E-state index < -0.39 is 0 Å². The second-order valence-corrected chi connectivity index (χ2v) is 4.07. The highest BCUT2D eigenvalue weighted by Crippen LogP contribution is 2.27. The molecule has 0 heterocycles. The van der Waals surface area contributed by atoms with Gasteiger partial charge in [-0.2, -0.15) is 0 Å². The third kappa shape index (κ3) is 3.45. The first kappa shape index (κ1) is 13.4. The van der Waals surface area contributed by atoms with Gasteiger partial charge in [-0.15, -0.1) is 0 Å². The molecule has 0 spiro atoms. The summed E-state index contributed by atoms with van der Waals surface area (Å²) in [7, 11) is 1.61. The fraction of sp³-hybridized carbons (Fsp3) is 0.200. The smallest absolute Gasteiger partial charge is 0.130 e. The summed E-state index contributed by atoms with van der Waals surface area (Å²) in [5.41, 5.74) is 6.28. The molecule has 4 heteroatoms. The number of ether oxygens (including phenoxy) is 2. The molecule has 0 aliphatic rings. The molecule has 0 radical (unpaired) electrons. The van der Waals surface area contributed by atoms with Gasteiger partial charge in [0.1, 0.15) is 23.1 Å². The molecule has 0 aliphatic carbocycles. The molecular weight excluding hydrogens is 245 g/mol. The molecule has 0 aromatic heterocycles. The van der Waals surface area contributed by atoms with E-state index in [0.717, 1.165) is 11.3 Å². The predicted octanol–water partition coefficient (Wildman–Crippen LogP) is 3.13. The molecule has 0 amide bonds. The van der Waals surface area contributed by atoms with Gasteiger partial charge in [0.2, 0.25) is 0 Å². The van der Waals surface area contributed by atoms with Crippen LogP contribution in [0.4, 0.5) is 4.39 Å². The molecule has 0 bridgehead atoms. The highest BCUT2D eigenvalue weighted by atomic mass is 19.1. The zero-order valence-corrected chi connectivity index (χ0v) is 10.7. The van der Waals surface area contributed by atoms with Crippen molar-refractivity contribution in [3.05, 3.63) is 53.8 Å². The summed E-state index contributed by atoms with van der Waals surface area (Å²) in [5.74, 6) is 1.77. The molecule has 2 aromatic rings. The lowest BCUT2D eigenvalue weighted by atomic mass is 10.1. The standard InChI is InChI=1S/C15H16FNO2/c1-18-13-3-5-14(6-4-13)19-15-7-2-12(16)10-11(15)8-9-17/h2-7,10H,8-9,17H2,1H3. The number of halogens is 1. The Bertz CT molecular complexity index is 540. The predicted molar refractivity (Wildman–Crippen MR) is 72.2 cm³/mol. The SMILES string of the molecule is COc1ccc(Oc2ccc(F)cc2CCN)cc1. The first-order valence-corrected chi connectivity index (χ1v) is 6.03. The monoisotopic (exact) mass is 261 g/mol. The number of benzene rings is 2. The maximum atomic E-state index is 13.2. The zero-order valence-electron chi connectivity index (χ0n) is 10.7. The van der Waals surface area contributed by atoms with E-state index in [2.05, 4.69) is 0 Å². The van der Waals surface area contributed by atoms with Crippen molar-refractivity contribution < 1.29 is 13.9 Å². The maximum Gasteiger partial charge on any atom is 0.130 e. The summed E-state index contributed by atoms with van der Waals surface area (Å²) in [6, 6.07) is 11.7. The van der Waals surface area contributed by atoms with Crippen LogP contribution in [0.25, 0.3) is 0 Å². The third-order valence-corrected chi connectivity index (χ3v) is 2.72. The summed E-state index contributed by atoms with van der Waals surface area (Å²) in [6.45, 7) is 0.447. The number of rotatable bonds is 5. The van der Waals surface area contributed by atoms with Crippen molar-refractivity contribution in [2.24, 2.45) is 5.73 Å². The first-order chi connectivity index (χ1) is 9.22. The van der Waals surface area contributed by atoms with Gasteiger partial charge in [0, 0.05) is 0 Å². The van der Waals surface area contributed by atoms with Crippen molar-refractivity contribution in [2.45, 2.75) is 6.42 Å². The molecule has 0 saturated carbocycles. The van der Waals surface area contributed by atoms with Gasteiger partial charge in [-0.25, -0.2) is 4.39 Å². The van der Waals surface area contributed by atoms with Crippen LogP contribution in [-0.2, 0) is 6.42 Å². The van der Waals surface area contributed by atoms with Crippen LogP contribution in [0.15, 0.2) is 42.5 Å². The Morgan fingerprint density at radius 3 is 2.37 bits per heavy atom. The Balaban J connectivity index is 2.21. The van der Waals surface area contributed by atoms with E-state index in [-0.39, 0.29) is 5.82 Å². The second-order valence-electron chi connectivity index (χ2n) is 4.07.